The molecular formula is C4H2ClF2N3. The highest BCUT2D eigenvalue weighted by Gasteiger charge is 2.09. The minimum atomic E-state index is -1.34. The summed E-state index contributed by atoms with van der Waals surface area (Å²) in [5.74, 6) is -3.00. The zero-order chi connectivity index (χ0) is 7.72. The van der Waals surface area contributed by atoms with Crippen LogP contribution in [-0.4, -0.2) is 9.97 Å². The smallest absolute Gasteiger partial charge is 0.255 e. The molecule has 0 aromatic carbocycles. The third kappa shape index (κ3) is 1.13. The molecule has 3 nitrogen and oxygen atoms in total. The molecule has 0 unspecified atom stereocenters. The second-order valence-corrected chi connectivity index (χ2v) is 1.84. The van der Waals surface area contributed by atoms with E-state index in [9.17, 15) is 8.78 Å². The number of nitrogens with zero attached hydrogens (tertiary/aromatic N) is 2. The maximum atomic E-state index is 12.2. The normalized spacial score (nSPS) is 9.90. The van der Waals surface area contributed by atoms with Crippen molar-refractivity contribution in [2.24, 2.45) is 0 Å². The minimum absolute atomic E-state index is 0.385. The second kappa shape index (κ2) is 2.34. The van der Waals surface area contributed by atoms with Gasteiger partial charge in [-0.25, -0.2) is 0 Å². The average Bonchev–Trinajstić information content (AvgIpc) is 1.82. The van der Waals surface area contributed by atoms with Crippen molar-refractivity contribution in [3.63, 3.8) is 0 Å². The lowest BCUT2D eigenvalue weighted by atomic mass is 10.6. The van der Waals surface area contributed by atoms with Crippen molar-refractivity contribution in [1.82, 2.24) is 9.97 Å². The first kappa shape index (κ1) is 7.14. The summed E-state index contributed by atoms with van der Waals surface area (Å²) in [6.07, 6.45) is 0. The summed E-state index contributed by atoms with van der Waals surface area (Å²) in [5.41, 5.74) is 4.92. The van der Waals surface area contributed by atoms with Crippen LogP contribution in [0.2, 0.25) is 5.15 Å². The van der Waals surface area contributed by atoms with Crippen LogP contribution in [0.4, 0.5) is 14.7 Å². The monoisotopic (exact) mass is 165 g/mol. The van der Waals surface area contributed by atoms with Gasteiger partial charge in [0.15, 0.2) is 5.15 Å². The van der Waals surface area contributed by atoms with Gasteiger partial charge >= 0.3 is 0 Å². The molecule has 0 spiro atoms. The highest BCUT2D eigenvalue weighted by molar-refractivity contribution is 6.29. The SMILES string of the molecule is Nc1nc(F)c(F)c(Cl)n1. The third-order valence-corrected chi connectivity index (χ3v) is 1.04. The Morgan fingerprint density at radius 2 is 1.90 bits per heavy atom. The molecule has 2 N–H and O–H groups in total. The molecule has 1 heterocycles. The summed E-state index contributed by atoms with van der Waals surface area (Å²) in [6, 6.07) is 0. The Balaban J connectivity index is 3.31. The van der Waals surface area contributed by atoms with Gasteiger partial charge in [0.25, 0.3) is 5.95 Å². The lowest BCUT2D eigenvalue weighted by molar-refractivity contribution is 0.475. The fourth-order valence-corrected chi connectivity index (χ4v) is 0.574. The summed E-state index contributed by atoms with van der Waals surface area (Å²) < 4.78 is 24.4. The van der Waals surface area contributed by atoms with E-state index < -0.39 is 16.9 Å². The Morgan fingerprint density at radius 1 is 1.30 bits per heavy atom. The van der Waals surface area contributed by atoms with E-state index in [0.29, 0.717) is 0 Å². The summed E-state index contributed by atoms with van der Waals surface area (Å²) >= 11 is 5.07. The van der Waals surface area contributed by atoms with E-state index in [1.807, 2.05) is 0 Å². The first-order valence-electron chi connectivity index (χ1n) is 2.25. The molecule has 0 amide bonds. The Labute approximate surface area is 59.8 Å². The van der Waals surface area contributed by atoms with Gasteiger partial charge < -0.3 is 5.73 Å². The van der Waals surface area contributed by atoms with E-state index in [0.717, 1.165) is 0 Å². The Bertz CT molecular complexity index is 242. The lowest BCUT2D eigenvalue weighted by Gasteiger charge is -1.94. The van der Waals surface area contributed by atoms with Gasteiger partial charge in [-0.1, -0.05) is 11.6 Å². The van der Waals surface area contributed by atoms with Gasteiger partial charge in [-0.15, -0.1) is 0 Å². The number of hydrogen-bond donors (Lipinski definition) is 1. The number of halogens is 3. The molecule has 0 atom stereocenters. The number of aromatic nitrogens is 2. The number of anilines is 1. The fraction of sp³-hybridized carbons (Fsp3) is 0. The van der Waals surface area contributed by atoms with Gasteiger partial charge in [0.2, 0.25) is 11.8 Å². The molecule has 0 aliphatic heterocycles. The van der Waals surface area contributed by atoms with E-state index in [-0.39, 0.29) is 5.95 Å². The maximum absolute atomic E-state index is 12.2. The van der Waals surface area contributed by atoms with Gasteiger partial charge in [0.1, 0.15) is 0 Å². The minimum Gasteiger partial charge on any atom is -0.368 e. The number of hydrogen-bond acceptors (Lipinski definition) is 3. The molecule has 0 aliphatic carbocycles. The largest absolute Gasteiger partial charge is 0.368 e. The highest BCUT2D eigenvalue weighted by Crippen LogP contribution is 2.13. The van der Waals surface area contributed by atoms with Crippen LogP contribution in [0.3, 0.4) is 0 Å². The molecule has 0 radical (unpaired) electrons. The molecule has 0 fully saturated rings. The van der Waals surface area contributed by atoms with Crippen molar-refractivity contribution in [1.29, 1.82) is 0 Å². The van der Waals surface area contributed by atoms with Crippen molar-refractivity contribution in [2.45, 2.75) is 0 Å². The van der Waals surface area contributed by atoms with Crippen LogP contribution >= 0.6 is 11.6 Å². The third-order valence-electron chi connectivity index (χ3n) is 0.788. The van der Waals surface area contributed by atoms with Crippen LogP contribution in [0.5, 0.6) is 0 Å². The van der Waals surface area contributed by atoms with E-state index in [2.05, 4.69) is 9.97 Å². The quantitative estimate of drug-likeness (QED) is 0.584. The Morgan fingerprint density at radius 3 is 2.40 bits per heavy atom. The van der Waals surface area contributed by atoms with Crippen LogP contribution in [-0.2, 0) is 0 Å². The first-order chi connectivity index (χ1) is 4.61. The van der Waals surface area contributed by atoms with Crippen LogP contribution in [0, 0.1) is 11.8 Å². The van der Waals surface area contributed by atoms with Gasteiger partial charge in [0.05, 0.1) is 0 Å². The number of nitrogens with two attached hydrogens (primary N) is 1. The Hall–Kier alpha value is -0.970. The van der Waals surface area contributed by atoms with Crippen LogP contribution in [0.15, 0.2) is 0 Å². The lowest BCUT2D eigenvalue weighted by Crippen LogP contribution is -2.00. The topological polar surface area (TPSA) is 51.8 Å². The number of rotatable bonds is 0. The molecule has 0 saturated heterocycles. The van der Waals surface area contributed by atoms with E-state index in [1.54, 1.807) is 0 Å². The van der Waals surface area contributed by atoms with Crippen molar-refractivity contribution in [3.8, 4) is 0 Å². The molecule has 0 saturated carbocycles. The van der Waals surface area contributed by atoms with Crippen LogP contribution in [0.1, 0.15) is 0 Å². The highest BCUT2D eigenvalue weighted by atomic mass is 35.5. The zero-order valence-corrected chi connectivity index (χ0v) is 5.36. The van der Waals surface area contributed by atoms with Crippen LogP contribution in [0.25, 0.3) is 0 Å². The fourth-order valence-electron chi connectivity index (χ4n) is 0.409. The second-order valence-electron chi connectivity index (χ2n) is 1.48. The van der Waals surface area contributed by atoms with E-state index >= 15 is 0 Å². The molecule has 0 aliphatic rings. The van der Waals surface area contributed by atoms with E-state index in [4.69, 9.17) is 17.3 Å². The molecule has 10 heavy (non-hydrogen) atoms. The summed E-state index contributed by atoms with van der Waals surface area (Å²) in [4.78, 5) is 6.03. The maximum Gasteiger partial charge on any atom is 0.255 e. The van der Waals surface area contributed by atoms with Gasteiger partial charge in [-0.3, -0.25) is 0 Å². The predicted octanol–water partition coefficient (Wildman–Crippen LogP) is 0.990. The molecule has 0 bridgehead atoms. The van der Waals surface area contributed by atoms with Gasteiger partial charge in [-0.2, -0.15) is 18.7 Å². The van der Waals surface area contributed by atoms with Gasteiger partial charge in [-0.05, 0) is 0 Å². The van der Waals surface area contributed by atoms with Crippen molar-refractivity contribution < 1.29 is 8.78 Å². The zero-order valence-electron chi connectivity index (χ0n) is 4.61. The summed E-state index contributed by atoms with van der Waals surface area (Å²) in [6.45, 7) is 0. The van der Waals surface area contributed by atoms with Crippen LogP contribution < -0.4 is 5.73 Å². The molecule has 1 aromatic rings. The van der Waals surface area contributed by atoms with Crippen molar-refractivity contribution in [2.75, 3.05) is 5.73 Å². The summed E-state index contributed by atoms with van der Waals surface area (Å²) in [5, 5.41) is -0.606. The standard InChI is InChI=1S/C4H2ClF2N3/c5-2-1(6)3(7)10-4(8)9-2/h(H2,8,9,10). The molecule has 54 valence electrons. The molecule has 1 rings (SSSR count). The van der Waals surface area contributed by atoms with Crippen molar-refractivity contribution in [3.05, 3.63) is 16.9 Å². The van der Waals surface area contributed by atoms with Crippen molar-refractivity contribution >= 4 is 17.5 Å². The Kier molecular flexibility index (Phi) is 1.67. The average molecular weight is 166 g/mol. The predicted molar refractivity (Wildman–Crippen MR) is 31.4 cm³/mol. The molecule has 6 heteroatoms. The first-order valence-corrected chi connectivity index (χ1v) is 2.63. The molecular weight excluding hydrogens is 164 g/mol. The number of nitrogen functional groups attached to an aromatic ring is 1. The molecule has 1 aromatic heterocycles. The summed E-state index contributed by atoms with van der Waals surface area (Å²) in [7, 11) is 0. The van der Waals surface area contributed by atoms with E-state index in [1.165, 1.54) is 0 Å². The van der Waals surface area contributed by atoms with Gasteiger partial charge in [0, 0.05) is 0 Å².